The van der Waals surface area contributed by atoms with E-state index < -0.39 is 5.91 Å². The molecule has 0 atom stereocenters. The van der Waals surface area contributed by atoms with Crippen molar-refractivity contribution in [2.75, 3.05) is 82.2 Å². The smallest absolute Gasteiger partial charge is 0.271 e. The highest BCUT2D eigenvalue weighted by Gasteiger charge is 2.28. The number of hydrogen-bond acceptors (Lipinski definition) is 12. The summed E-state index contributed by atoms with van der Waals surface area (Å²) in [5.74, 6) is 0.932. The molecule has 236 valence electrons. The zero-order valence-electron chi connectivity index (χ0n) is 25.8. The fraction of sp³-hybridized carbons (Fsp3) is 0.548. The van der Waals surface area contributed by atoms with E-state index in [2.05, 4.69) is 42.8 Å². The van der Waals surface area contributed by atoms with Crippen molar-refractivity contribution in [3.8, 4) is 17.1 Å². The van der Waals surface area contributed by atoms with E-state index in [9.17, 15) is 4.79 Å². The Morgan fingerprint density at radius 2 is 1.77 bits per heavy atom. The monoisotopic (exact) mass is 621 g/mol. The summed E-state index contributed by atoms with van der Waals surface area (Å²) in [5, 5.41) is 6.84. The molecule has 0 spiro atoms. The van der Waals surface area contributed by atoms with Gasteiger partial charge in [-0.3, -0.25) is 9.69 Å². The largest absolute Gasteiger partial charge is 0.495 e. The van der Waals surface area contributed by atoms with Crippen LogP contribution in [-0.4, -0.2) is 109 Å². The topological polar surface area (TPSA) is 134 Å². The number of aromatic nitrogens is 3. The Bertz CT molecular complexity index is 1450. The van der Waals surface area contributed by atoms with Gasteiger partial charge in [0.05, 0.1) is 12.8 Å². The number of carbonyl (C=O) groups is 1. The number of benzene rings is 1. The first-order valence-electron chi connectivity index (χ1n) is 15.5. The van der Waals surface area contributed by atoms with E-state index in [0.29, 0.717) is 36.5 Å². The van der Waals surface area contributed by atoms with E-state index in [-0.39, 0.29) is 17.6 Å². The number of carbonyl (C=O) groups excluding carboxylic acids is 1. The third-order valence-electron chi connectivity index (χ3n) is 8.86. The number of likely N-dealkylation sites (N-methyl/N-ethyl adjacent to an activating group) is 1. The molecule has 3 aliphatic heterocycles. The first-order valence-corrected chi connectivity index (χ1v) is 16.3. The molecule has 1 amide bonds. The summed E-state index contributed by atoms with van der Waals surface area (Å²) in [5.41, 5.74) is 8.84. The number of nitrogens with zero attached hydrogens (tertiary/aromatic N) is 6. The molecule has 0 aliphatic carbocycles. The zero-order valence-corrected chi connectivity index (χ0v) is 26.7. The molecule has 1 aromatic carbocycles. The number of hydrogen-bond donors (Lipinski definition) is 3. The lowest BCUT2D eigenvalue weighted by molar-refractivity contribution is 0.0904. The van der Waals surface area contributed by atoms with Crippen molar-refractivity contribution in [3.63, 3.8) is 0 Å². The van der Waals surface area contributed by atoms with Crippen LogP contribution >= 0.6 is 11.5 Å². The number of primary amides is 1. The fourth-order valence-corrected chi connectivity index (χ4v) is 6.85. The first-order chi connectivity index (χ1) is 21.4. The van der Waals surface area contributed by atoms with Crippen LogP contribution < -0.4 is 26.0 Å². The number of piperidine rings is 1. The molecular formula is C31H43N9O3S. The molecule has 6 rings (SSSR count). The van der Waals surface area contributed by atoms with Crippen LogP contribution in [0.3, 0.4) is 0 Å². The summed E-state index contributed by atoms with van der Waals surface area (Å²) in [7, 11) is 3.89. The van der Waals surface area contributed by atoms with E-state index >= 15 is 0 Å². The molecular weight excluding hydrogens is 578 g/mol. The third kappa shape index (κ3) is 6.90. The van der Waals surface area contributed by atoms with E-state index in [1.165, 1.54) is 11.5 Å². The second-order valence-electron chi connectivity index (χ2n) is 11.9. The van der Waals surface area contributed by atoms with Gasteiger partial charge < -0.3 is 35.6 Å². The van der Waals surface area contributed by atoms with Crippen LogP contribution in [0, 0.1) is 6.92 Å². The molecule has 3 aliphatic rings. The molecule has 0 bridgehead atoms. The van der Waals surface area contributed by atoms with E-state index in [0.717, 1.165) is 87.0 Å². The van der Waals surface area contributed by atoms with Crippen LogP contribution in [-0.2, 0) is 4.74 Å². The fourth-order valence-electron chi connectivity index (χ4n) is 6.30. The van der Waals surface area contributed by atoms with Crippen LogP contribution in [0.25, 0.3) is 11.4 Å². The van der Waals surface area contributed by atoms with E-state index in [1.54, 1.807) is 7.11 Å². The number of nitrogens with two attached hydrogens (primary N) is 1. The molecule has 3 saturated heterocycles. The van der Waals surface area contributed by atoms with Crippen LogP contribution in [0.15, 0.2) is 24.3 Å². The Hall–Kier alpha value is -3.52. The highest BCUT2D eigenvalue weighted by molar-refractivity contribution is 7.05. The van der Waals surface area contributed by atoms with Crippen molar-refractivity contribution in [2.24, 2.45) is 5.73 Å². The van der Waals surface area contributed by atoms with Crippen LogP contribution in [0.1, 0.15) is 41.0 Å². The van der Waals surface area contributed by atoms with Crippen LogP contribution in [0.5, 0.6) is 5.75 Å². The van der Waals surface area contributed by atoms with Gasteiger partial charge in [0.15, 0.2) is 17.3 Å². The molecule has 3 aromatic rings. The highest BCUT2D eigenvalue weighted by Crippen LogP contribution is 2.36. The summed E-state index contributed by atoms with van der Waals surface area (Å²) < 4.78 is 15.9. The highest BCUT2D eigenvalue weighted by atomic mass is 32.1. The number of anilines is 4. The standard InChI is InChI=1S/C31H43N9O3S/c1-20-18-24(37-44-20)27-30(33-21-8-16-43-17-9-21)36-31(28(35-27)29(32)41)34-22-4-5-25(26(19-22)42-3)40-10-6-23(7-11-40)39-14-12-38(2)13-15-39/h4-5,18-19,21,23H,6-17H2,1-3H3,(H2,32,41)(H2,33,34,36). The molecule has 12 nitrogen and oxygen atoms in total. The minimum atomic E-state index is -0.669. The predicted octanol–water partition coefficient (Wildman–Crippen LogP) is 3.57. The average Bonchev–Trinajstić information content (AvgIpc) is 3.48. The Morgan fingerprint density at radius 1 is 1.02 bits per heavy atom. The lowest BCUT2D eigenvalue weighted by Gasteiger charge is -2.42. The van der Waals surface area contributed by atoms with Gasteiger partial charge in [0.25, 0.3) is 5.91 Å². The van der Waals surface area contributed by atoms with Crippen molar-refractivity contribution >= 4 is 40.5 Å². The minimum Gasteiger partial charge on any atom is -0.495 e. The predicted molar refractivity (Wildman–Crippen MR) is 174 cm³/mol. The van der Waals surface area contributed by atoms with Gasteiger partial charge in [0.2, 0.25) is 0 Å². The number of methoxy groups -OCH3 is 1. The van der Waals surface area contributed by atoms with Gasteiger partial charge in [-0.15, -0.1) is 0 Å². The van der Waals surface area contributed by atoms with Crippen LogP contribution in [0.4, 0.5) is 23.0 Å². The molecule has 0 radical (unpaired) electrons. The van der Waals surface area contributed by atoms with Crippen molar-refractivity contribution in [2.45, 2.75) is 44.7 Å². The summed E-state index contributed by atoms with van der Waals surface area (Å²) in [6.07, 6.45) is 3.97. The molecule has 3 fully saturated rings. The first kappa shape index (κ1) is 30.5. The van der Waals surface area contributed by atoms with E-state index in [4.69, 9.17) is 25.2 Å². The number of nitrogens with one attached hydrogen (secondary N) is 2. The number of piperazine rings is 1. The Labute approximate surface area is 263 Å². The number of amides is 1. The summed E-state index contributed by atoms with van der Waals surface area (Å²) >= 11 is 1.38. The minimum absolute atomic E-state index is 0.0530. The maximum atomic E-state index is 12.6. The normalized spacial score (nSPS) is 19.2. The number of ether oxygens (including phenoxy) is 2. The Balaban J connectivity index is 1.23. The number of rotatable bonds is 9. The second kappa shape index (κ2) is 13.6. The summed E-state index contributed by atoms with van der Waals surface area (Å²) in [4.78, 5) is 30.7. The summed E-state index contributed by atoms with van der Waals surface area (Å²) in [6, 6.07) is 8.75. The molecule has 5 heterocycles. The van der Waals surface area contributed by atoms with Gasteiger partial charge in [-0.05, 0) is 69.4 Å². The average molecular weight is 622 g/mol. The molecule has 44 heavy (non-hydrogen) atoms. The lowest BCUT2D eigenvalue weighted by Crippen LogP contribution is -2.52. The quantitative estimate of drug-likeness (QED) is 0.324. The molecule has 0 saturated carbocycles. The van der Waals surface area contributed by atoms with Crippen molar-refractivity contribution in [1.29, 1.82) is 0 Å². The maximum absolute atomic E-state index is 12.6. The van der Waals surface area contributed by atoms with Gasteiger partial charge >= 0.3 is 0 Å². The summed E-state index contributed by atoms with van der Waals surface area (Å²) in [6.45, 7) is 9.90. The Morgan fingerprint density at radius 3 is 2.43 bits per heavy atom. The van der Waals surface area contributed by atoms with E-state index in [1.807, 2.05) is 25.1 Å². The molecule has 2 aromatic heterocycles. The van der Waals surface area contributed by atoms with Gasteiger partial charge in [0, 0.05) is 81.2 Å². The van der Waals surface area contributed by atoms with Crippen LogP contribution in [0.2, 0.25) is 0 Å². The van der Waals surface area contributed by atoms with Gasteiger partial charge in [-0.1, -0.05) is 0 Å². The lowest BCUT2D eigenvalue weighted by atomic mass is 10.0. The maximum Gasteiger partial charge on any atom is 0.271 e. The number of aryl methyl sites for hydroxylation is 1. The molecule has 0 unspecified atom stereocenters. The van der Waals surface area contributed by atoms with Gasteiger partial charge in [0.1, 0.15) is 17.1 Å². The van der Waals surface area contributed by atoms with Crippen molar-refractivity contribution < 1.29 is 14.3 Å². The van der Waals surface area contributed by atoms with Crippen molar-refractivity contribution in [1.82, 2.24) is 24.1 Å². The Kier molecular flexibility index (Phi) is 9.45. The third-order valence-corrected chi connectivity index (χ3v) is 9.56. The SMILES string of the molecule is COc1cc(Nc2nc(NC3CCOCC3)c(-c3cc(C)sn3)nc2C(N)=O)ccc1N1CCC(N2CCN(C)CC2)CC1. The van der Waals surface area contributed by atoms with Gasteiger partial charge in [-0.25, -0.2) is 9.97 Å². The van der Waals surface area contributed by atoms with Gasteiger partial charge in [-0.2, -0.15) is 4.37 Å². The zero-order chi connectivity index (χ0) is 30.6. The second-order valence-corrected chi connectivity index (χ2v) is 12.9. The molecule has 4 N–H and O–H groups in total. The van der Waals surface area contributed by atoms with Crippen molar-refractivity contribution in [3.05, 3.63) is 34.8 Å². The molecule has 13 heteroatoms.